The third-order valence-electron chi connectivity index (χ3n) is 3.70. The Labute approximate surface area is 174 Å². The zero-order chi connectivity index (χ0) is 19.0. The average Bonchev–Trinajstić information content (AvgIpc) is 2.58. The van der Waals surface area contributed by atoms with E-state index >= 15 is 0 Å². The molecule has 0 aliphatic carbocycles. The fraction of sp³-hybridized carbons (Fsp3) is 0.100. The van der Waals surface area contributed by atoms with E-state index in [1.54, 1.807) is 0 Å². The first-order chi connectivity index (χ1) is 12.3. The van der Waals surface area contributed by atoms with Crippen molar-refractivity contribution < 1.29 is 9.20 Å². The second-order valence-corrected chi connectivity index (χ2v) is 16.6. The van der Waals surface area contributed by atoms with Crippen LogP contribution in [0.1, 0.15) is 22.3 Å². The first-order valence-electron chi connectivity index (χ1n) is 7.80. The van der Waals surface area contributed by atoms with Gasteiger partial charge in [0.2, 0.25) is 0 Å². The Morgan fingerprint density at radius 1 is 0.615 bits per heavy atom. The number of anilines is 1. The topological polar surface area (TPSA) is 26.0 Å². The van der Waals surface area contributed by atoms with Crippen molar-refractivity contribution in [1.82, 2.24) is 0 Å². The maximum atomic E-state index is 6.13. The van der Waals surface area contributed by atoms with Gasteiger partial charge in [0.05, 0.1) is 0 Å². The molecule has 0 spiro atoms. The van der Waals surface area contributed by atoms with Gasteiger partial charge in [-0.1, -0.05) is 72.8 Å². The number of nitrogen functional groups attached to an aromatic ring is 1. The van der Waals surface area contributed by atoms with Gasteiger partial charge in [0.15, 0.2) is 0 Å². The Kier molecular flexibility index (Phi) is 8.63. The summed E-state index contributed by atoms with van der Waals surface area (Å²) in [5, 5.41) is 0. The molecule has 1 nitrogen and oxygen atoms in total. The molecule has 0 radical (unpaired) electrons. The fourth-order valence-corrected chi connectivity index (χ4v) is 2.57. The van der Waals surface area contributed by atoms with Gasteiger partial charge < -0.3 is 5.73 Å². The summed E-state index contributed by atoms with van der Waals surface area (Å²) in [5.74, 6) is 0. The van der Waals surface area contributed by atoms with E-state index in [-0.39, 0.29) is 0 Å². The standard InChI is InChI=1S/C20H19N.4ClH.Fe/c21-20-12-11-18(13-16-7-3-1-4-8-16)15-19(20)14-17-9-5-2-6-10-17;;;;;/h1-12,15H,13-14,21H2;4*1H;/q;;;;;+4/p-4. The van der Waals surface area contributed by atoms with Crippen molar-refractivity contribution in [3.63, 3.8) is 0 Å². The zero-order valence-electron chi connectivity index (χ0n) is 13.9. The normalized spacial score (nSPS) is 11.4. The molecule has 0 fully saturated rings. The van der Waals surface area contributed by atoms with Crippen LogP contribution in [-0.2, 0) is 22.0 Å². The van der Waals surface area contributed by atoms with Crippen LogP contribution in [0, 0.1) is 0 Å². The van der Waals surface area contributed by atoms with E-state index in [9.17, 15) is 0 Å². The average molecular weight is 471 g/mol. The van der Waals surface area contributed by atoms with Crippen LogP contribution in [-0.4, -0.2) is 0 Å². The quantitative estimate of drug-likeness (QED) is 0.316. The molecule has 3 aromatic rings. The molecule has 3 aromatic carbocycles. The van der Waals surface area contributed by atoms with Crippen molar-refractivity contribution in [2.45, 2.75) is 12.8 Å². The molecule has 6 heteroatoms. The van der Waals surface area contributed by atoms with E-state index in [4.69, 9.17) is 46.1 Å². The Bertz CT molecular complexity index is 799. The maximum absolute atomic E-state index is 6.13. The molecule has 0 bridgehead atoms. The number of nitrogens with two attached hydrogens (primary N) is 1. The second kappa shape index (κ2) is 10.5. The number of benzene rings is 3. The van der Waals surface area contributed by atoms with Gasteiger partial charge in [-0.25, -0.2) is 0 Å². The van der Waals surface area contributed by atoms with E-state index in [0.717, 1.165) is 18.5 Å². The summed E-state index contributed by atoms with van der Waals surface area (Å²) in [5.41, 5.74) is 12.1. The Balaban J connectivity index is 0.000000431. The molecule has 0 unspecified atom stereocenters. The molecular weight excluding hydrogens is 452 g/mol. The zero-order valence-corrected chi connectivity index (χ0v) is 18.0. The molecule has 0 atom stereocenters. The van der Waals surface area contributed by atoms with E-state index in [0.29, 0.717) is 0 Å². The molecule has 0 aromatic heterocycles. The van der Waals surface area contributed by atoms with E-state index in [1.165, 1.54) is 22.3 Å². The summed E-state index contributed by atoms with van der Waals surface area (Å²) >= 11 is 0. The number of halogens is 4. The summed E-state index contributed by atoms with van der Waals surface area (Å²) in [6, 6.07) is 27.4. The van der Waals surface area contributed by atoms with Crippen molar-refractivity contribution in [3.8, 4) is 0 Å². The minimum absolute atomic E-state index is 0.871. The summed E-state index contributed by atoms with van der Waals surface area (Å²) < 4.78 is 0. The molecule has 26 heavy (non-hydrogen) atoms. The molecule has 0 amide bonds. The molecule has 0 heterocycles. The minimum atomic E-state index is -2.61. The molecule has 2 N–H and O–H groups in total. The first kappa shape index (κ1) is 21.4. The van der Waals surface area contributed by atoms with Crippen LogP contribution < -0.4 is 5.73 Å². The molecular formula is C20H19Cl4FeN. The van der Waals surface area contributed by atoms with Crippen molar-refractivity contribution in [2.75, 3.05) is 5.73 Å². The fourth-order valence-electron chi connectivity index (χ4n) is 2.57. The SMILES string of the molecule is Nc1ccc(Cc2ccccc2)cc1Cc1ccccc1.[Cl][Fe]([Cl])([Cl])[Cl]. The Morgan fingerprint density at radius 2 is 1.08 bits per heavy atom. The van der Waals surface area contributed by atoms with E-state index < -0.39 is 9.20 Å². The van der Waals surface area contributed by atoms with Crippen LogP contribution >= 0.6 is 40.4 Å². The van der Waals surface area contributed by atoms with Gasteiger partial charge in [-0.05, 0) is 41.2 Å². The van der Waals surface area contributed by atoms with E-state index in [2.05, 4.69) is 60.7 Å². The monoisotopic (exact) mass is 469 g/mol. The predicted molar refractivity (Wildman–Crippen MR) is 113 cm³/mol. The van der Waals surface area contributed by atoms with Gasteiger partial charge in [-0.3, -0.25) is 0 Å². The molecule has 0 aliphatic rings. The number of hydrogen-bond acceptors (Lipinski definition) is 1. The third-order valence-corrected chi connectivity index (χ3v) is 3.70. The molecule has 0 aliphatic heterocycles. The van der Waals surface area contributed by atoms with Crippen molar-refractivity contribution >= 4 is 46.1 Å². The summed E-state index contributed by atoms with van der Waals surface area (Å²) in [6.45, 7) is 0. The van der Waals surface area contributed by atoms with Gasteiger partial charge >= 0.3 is 49.6 Å². The van der Waals surface area contributed by atoms with E-state index in [1.807, 2.05) is 18.2 Å². The Hall–Kier alpha value is -0.861. The molecule has 3 rings (SSSR count). The second-order valence-electron chi connectivity index (χ2n) is 5.66. The summed E-state index contributed by atoms with van der Waals surface area (Å²) in [4.78, 5) is 0. The van der Waals surface area contributed by atoms with Crippen molar-refractivity contribution in [1.29, 1.82) is 0 Å². The summed E-state index contributed by atoms with van der Waals surface area (Å²) in [7, 11) is 17.2. The molecule has 140 valence electrons. The summed E-state index contributed by atoms with van der Waals surface area (Å²) in [6.07, 6.45) is 1.83. The van der Waals surface area contributed by atoms with Gasteiger partial charge in [-0.2, -0.15) is 0 Å². The van der Waals surface area contributed by atoms with Gasteiger partial charge in [0.1, 0.15) is 0 Å². The van der Waals surface area contributed by atoms with Crippen molar-refractivity contribution in [2.24, 2.45) is 0 Å². The molecule has 0 saturated carbocycles. The van der Waals surface area contributed by atoms with Crippen LogP contribution in [0.25, 0.3) is 0 Å². The van der Waals surface area contributed by atoms with Gasteiger partial charge in [0, 0.05) is 5.69 Å². The number of hydrogen-bond donors (Lipinski definition) is 1. The Morgan fingerprint density at radius 3 is 1.58 bits per heavy atom. The number of rotatable bonds is 4. The first-order valence-corrected chi connectivity index (χ1v) is 13.9. The van der Waals surface area contributed by atoms with Crippen LogP contribution in [0.4, 0.5) is 5.69 Å². The van der Waals surface area contributed by atoms with Gasteiger partial charge in [0.25, 0.3) is 0 Å². The van der Waals surface area contributed by atoms with Crippen LogP contribution in [0.5, 0.6) is 0 Å². The van der Waals surface area contributed by atoms with Crippen LogP contribution in [0.15, 0.2) is 78.9 Å². The van der Waals surface area contributed by atoms with Crippen LogP contribution in [0.2, 0.25) is 0 Å². The predicted octanol–water partition coefficient (Wildman–Crippen LogP) is 7.21. The molecule has 0 saturated heterocycles. The van der Waals surface area contributed by atoms with Crippen molar-refractivity contribution in [3.05, 3.63) is 101 Å². The van der Waals surface area contributed by atoms with Crippen LogP contribution in [0.3, 0.4) is 0 Å². The third kappa shape index (κ3) is 8.68. The van der Waals surface area contributed by atoms with Gasteiger partial charge in [-0.15, -0.1) is 0 Å².